The van der Waals surface area contributed by atoms with E-state index in [1.807, 2.05) is 13.0 Å². The van der Waals surface area contributed by atoms with Gasteiger partial charge in [-0.05, 0) is 62.5 Å². The standard InChI is InChI=1S/C25H38F2N2O2/c1-6-8-9-23(31-22(7-2)24(3,4)5)25(10-11-25)29-16-21(30)20(28)14-17-12-18(26)15-19(27)13-17/h7,9,12-13,15,20-21,29-30H,6,8,10-11,14,16,28H2,1-5H3/b22-7-,23-9+. The summed E-state index contributed by atoms with van der Waals surface area (Å²) in [5.41, 5.74) is 6.14. The first-order valence-corrected chi connectivity index (χ1v) is 11.2. The van der Waals surface area contributed by atoms with Gasteiger partial charge in [0, 0.05) is 24.1 Å². The Balaban J connectivity index is 2.03. The van der Waals surface area contributed by atoms with Crippen molar-refractivity contribution in [2.24, 2.45) is 11.1 Å². The first-order chi connectivity index (χ1) is 14.5. The fraction of sp³-hybridized carbons (Fsp3) is 0.600. The van der Waals surface area contributed by atoms with Crippen molar-refractivity contribution in [1.29, 1.82) is 0 Å². The Bertz CT molecular complexity index is 775. The zero-order valence-corrected chi connectivity index (χ0v) is 19.5. The Kier molecular flexibility index (Phi) is 8.81. The van der Waals surface area contributed by atoms with E-state index in [9.17, 15) is 13.9 Å². The molecule has 0 heterocycles. The highest BCUT2D eigenvalue weighted by molar-refractivity contribution is 5.26. The van der Waals surface area contributed by atoms with Crippen molar-refractivity contribution in [2.75, 3.05) is 6.54 Å². The predicted octanol–water partition coefficient (Wildman–Crippen LogP) is 4.97. The van der Waals surface area contributed by atoms with Crippen LogP contribution in [0.3, 0.4) is 0 Å². The molecule has 1 aromatic carbocycles. The highest BCUT2D eigenvalue weighted by atomic mass is 19.1. The van der Waals surface area contributed by atoms with E-state index in [0.29, 0.717) is 5.56 Å². The Morgan fingerprint density at radius 1 is 1.26 bits per heavy atom. The molecule has 0 amide bonds. The zero-order chi connectivity index (χ0) is 23.2. The van der Waals surface area contributed by atoms with Gasteiger partial charge in [-0.3, -0.25) is 0 Å². The molecule has 4 N–H and O–H groups in total. The van der Waals surface area contributed by atoms with Crippen molar-refractivity contribution in [2.45, 2.75) is 84.4 Å². The third-order valence-electron chi connectivity index (χ3n) is 5.60. The van der Waals surface area contributed by atoms with Crippen LogP contribution in [-0.2, 0) is 11.2 Å². The number of nitrogens with two attached hydrogens (primary N) is 1. The number of halogens is 2. The van der Waals surface area contributed by atoms with Crippen LogP contribution in [0.2, 0.25) is 0 Å². The van der Waals surface area contributed by atoms with Gasteiger partial charge in [0.15, 0.2) is 0 Å². The van der Waals surface area contributed by atoms with Crippen molar-refractivity contribution in [1.82, 2.24) is 5.32 Å². The molecule has 0 aromatic heterocycles. The molecular weight excluding hydrogens is 398 g/mol. The number of hydrogen-bond donors (Lipinski definition) is 3. The summed E-state index contributed by atoms with van der Waals surface area (Å²) in [5, 5.41) is 14.0. The summed E-state index contributed by atoms with van der Waals surface area (Å²) in [4.78, 5) is 0. The van der Waals surface area contributed by atoms with Gasteiger partial charge in [0.05, 0.1) is 11.6 Å². The number of nitrogens with one attached hydrogen (secondary N) is 1. The molecule has 2 atom stereocenters. The second-order valence-electron chi connectivity index (χ2n) is 9.54. The highest BCUT2D eigenvalue weighted by Gasteiger charge is 2.48. The second-order valence-corrected chi connectivity index (χ2v) is 9.54. The Morgan fingerprint density at radius 3 is 2.35 bits per heavy atom. The number of aliphatic hydroxyl groups excluding tert-OH is 1. The van der Waals surface area contributed by atoms with E-state index in [0.717, 1.165) is 43.3 Å². The average Bonchev–Trinajstić information content (AvgIpc) is 3.45. The Labute approximate surface area is 185 Å². The number of aliphatic hydroxyl groups is 1. The molecule has 0 radical (unpaired) electrons. The first-order valence-electron chi connectivity index (χ1n) is 11.2. The molecule has 2 unspecified atom stereocenters. The van der Waals surface area contributed by atoms with E-state index >= 15 is 0 Å². The van der Waals surface area contributed by atoms with Crippen LogP contribution in [0.25, 0.3) is 0 Å². The molecule has 2 rings (SSSR count). The molecule has 0 spiro atoms. The number of unbranched alkanes of at least 4 members (excludes halogenated alkanes) is 1. The minimum absolute atomic E-state index is 0.113. The number of hydrogen-bond acceptors (Lipinski definition) is 4. The molecule has 1 aromatic rings. The monoisotopic (exact) mass is 436 g/mol. The Morgan fingerprint density at radius 2 is 1.87 bits per heavy atom. The SMILES string of the molecule is C/C=C(\O/C(=C/CCC)C1(NCC(O)C(N)Cc2cc(F)cc(F)c2)CC1)C(C)(C)C. The van der Waals surface area contributed by atoms with Gasteiger partial charge in [-0.2, -0.15) is 0 Å². The third-order valence-corrected chi connectivity index (χ3v) is 5.60. The van der Waals surface area contributed by atoms with Crippen LogP contribution < -0.4 is 11.1 Å². The maximum atomic E-state index is 13.4. The summed E-state index contributed by atoms with van der Waals surface area (Å²) in [6, 6.07) is 2.67. The summed E-state index contributed by atoms with van der Waals surface area (Å²) in [7, 11) is 0. The van der Waals surface area contributed by atoms with Crippen LogP contribution >= 0.6 is 0 Å². The fourth-order valence-corrected chi connectivity index (χ4v) is 3.60. The summed E-state index contributed by atoms with van der Waals surface area (Å²) in [5.74, 6) is 0.514. The van der Waals surface area contributed by atoms with Gasteiger partial charge in [0.2, 0.25) is 0 Å². The molecule has 31 heavy (non-hydrogen) atoms. The van der Waals surface area contributed by atoms with E-state index in [-0.39, 0.29) is 23.9 Å². The maximum Gasteiger partial charge on any atom is 0.126 e. The van der Waals surface area contributed by atoms with Crippen molar-refractivity contribution in [3.05, 3.63) is 59.1 Å². The fourth-order valence-electron chi connectivity index (χ4n) is 3.60. The number of allylic oxidation sites excluding steroid dienone is 3. The van der Waals surface area contributed by atoms with Crippen molar-refractivity contribution in [3.8, 4) is 0 Å². The number of ether oxygens (including phenoxy) is 1. The summed E-state index contributed by atoms with van der Waals surface area (Å²) < 4.78 is 33.2. The van der Waals surface area contributed by atoms with Crippen LogP contribution in [0.15, 0.2) is 41.9 Å². The quantitative estimate of drug-likeness (QED) is 0.429. The van der Waals surface area contributed by atoms with Crippen molar-refractivity contribution < 1.29 is 18.6 Å². The average molecular weight is 437 g/mol. The molecule has 4 nitrogen and oxygen atoms in total. The zero-order valence-electron chi connectivity index (χ0n) is 19.5. The van der Waals surface area contributed by atoms with Crippen LogP contribution in [-0.4, -0.2) is 29.3 Å². The lowest BCUT2D eigenvalue weighted by Crippen LogP contribution is -2.47. The number of benzene rings is 1. The van der Waals surface area contributed by atoms with Crippen LogP contribution in [0.1, 0.15) is 65.9 Å². The van der Waals surface area contributed by atoms with Gasteiger partial charge in [-0.1, -0.05) is 34.1 Å². The van der Waals surface area contributed by atoms with Gasteiger partial charge in [-0.15, -0.1) is 0 Å². The first kappa shape index (κ1) is 25.5. The van der Waals surface area contributed by atoms with Crippen LogP contribution in [0.5, 0.6) is 0 Å². The normalized spacial score (nSPS) is 18.6. The lowest BCUT2D eigenvalue weighted by molar-refractivity contribution is 0.129. The van der Waals surface area contributed by atoms with Gasteiger partial charge < -0.3 is 20.9 Å². The largest absolute Gasteiger partial charge is 0.464 e. The Hall–Kier alpha value is -1.76. The van der Waals surface area contributed by atoms with E-state index < -0.39 is 23.8 Å². The molecule has 1 fully saturated rings. The molecular formula is C25H38F2N2O2. The van der Waals surface area contributed by atoms with Crippen molar-refractivity contribution in [3.63, 3.8) is 0 Å². The minimum atomic E-state index is -0.861. The molecule has 6 heteroatoms. The van der Waals surface area contributed by atoms with E-state index in [1.165, 1.54) is 12.1 Å². The molecule has 0 saturated heterocycles. The van der Waals surface area contributed by atoms with Gasteiger partial charge in [0.1, 0.15) is 23.2 Å². The lowest BCUT2D eigenvalue weighted by atomic mass is 9.93. The topological polar surface area (TPSA) is 67.5 Å². The molecule has 1 saturated carbocycles. The van der Waals surface area contributed by atoms with E-state index in [4.69, 9.17) is 10.5 Å². The molecule has 174 valence electrons. The van der Waals surface area contributed by atoms with E-state index in [2.05, 4.69) is 39.1 Å². The molecule has 0 aliphatic heterocycles. The number of β-amino-alcohol motifs (C(OH)–C–C–N with tert-alkyl or cyclic N) is 1. The van der Waals surface area contributed by atoms with Crippen LogP contribution in [0, 0.1) is 17.0 Å². The summed E-state index contributed by atoms with van der Waals surface area (Å²) in [6.45, 7) is 10.7. The molecule has 1 aliphatic rings. The van der Waals surface area contributed by atoms with Gasteiger partial charge >= 0.3 is 0 Å². The van der Waals surface area contributed by atoms with Crippen LogP contribution in [0.4, 0.5) is 8.78 Å². The summed E-state index contributed by atoms with van der Waals surface area (Å²) in [6.07, 6.45) is 7.22. The van der Waals surface area contributed by atoms with Gasteiger partial charge in [0.25, 0.3) is 0 Å². The third kappa shape index (κ3) is 7.41. The molecule has 1 aliphatic carbocycles. The maximum absolute atomic E-state index is 13.4. The summed E-state index contributed by atoms with van der Waals surface area (Å²) >= 11 is 0. The lowest BCUT2D eigenvalue weighted by Gasteiger charge is -2.30. The van der Waals surface area contributed by atoms with Crippen molar-refractivity contribution >= 4 is 0 Å². The van der Waals surface area contributed by atoms with Gasteiger partial charge in [-0.25, -0.2) is 8.78 Å². The minimum Gasteiger partial charge on any atom is -0.464 e. The smallest absolute Gasteiger partial charge is 0.126 e. The highest BCUT2D eigenvalue weighted by Crippen LogP contribution is 2.45. The predicted molar refractivity (Wildman–Crippen MR) is 121 cm³/mol. The van der Waals surface area contributed by atoms with E-state index in [1.54, 1.807) is 0 Å². The number of rotatable bonds is 11. The second kappa shape index (κ2) is 10.7. The molecule has 0 bridgehead atoms.